The number of ether oxygens (including phenoxy) is 1. The molecule has 32 heavy (non-hydrogen) atoms. The lowest BCUT2D eigenvalue weighted by molar-refractivity contribution is -0.128. The summed E-state index contributed by atoms with van der Waals surface area (Å²) in [7, 11) is -2.41. The van der Waals surface area contributed by atoms with Gasteiger partial charge in [0, 0.05) is 25.6 Å². The molecule has 0 bridgehead atoms. The number of amides is 2. The number of benzene rings is 2. The lowest BCUT2D eigenvalue weighted by Gasteiger charge is -2.23. The molecule has 4 rings (SSSR count). The van der Waals surface area contributed by atoms with Gasteiger partial charge in [0.05, 0.1) is 29.3 Å². The normalized spacial score (nSPS) is 18.5. The lowest BCUT2D eigenvalue weighted by atomic mass is 10.1. The summed E-state index contributed by atoms with van der Waals surface area (Å²) in [6.45, 7) is 2.41. The second kappa shape index (κ2) is 8.82. The first kappa shape index (κ1) is 22.1. The van der Waals surface area contributed by atoms with Gasteiger partial charge in [0.15, 0.2) is 0 Å². The molecule has 8 nitrogen and oxygen atoms in total. The number of nitrogens with one attached hydrogen (secondary N) is 1. The number of carbonyl (C=O) groups excluding carboxylic acids is 2. The number of carbonyl (C=O) groups is 2. The van der Waals surface area contributed by atoms with Gasteiger partial charge in [-0.05, 0) is 50.1 Å². The van der Waals surface area contributed by atoms with Crippen molar-refractivity contribution >= 4 is 33.2 Å². The monoisotopic (exact) mass is 457 g/mol. The topological polar surface area (TPSA) is 96.0 Å². The van der Waals surface area contributed by atoms with Crippen LogP contribution in [0.5, 0.6) is 5.75 Å². The first-order valence-electron chi connectivity index (χ1n) is 10.7. The predicted octanol–water partition coefficient (Wildman–Crippen LogP) is 2.86. The van der Waals surface area contributed by atoms with Crippen LogP contribution < -0.4 is 14.4 Å². The van der Waals surface area contributed by atoms with E-state index in [1.165, 1.54) is 29.6 Å². The molecular formula is C23H27N3O5S. The average Bonchev–Trinajstić information content (AvgIpc) is 3.55. The van der Waals surface area contributed by atoms with E-state index in [9.17, 15) is 18.0 Å². The molecule has 1 aliphatic heterocycles. The molecule has 1 heterocycles. The van der Waals surface area contributed by atoms with E-state index in [2.05, 4.69) is 5.32 Å². The summed E-state index contributed by atoms with van der Waals surface area (Å²) < 4.78 is 33.3. The maximum absolute atomic E-state index is 13.3. The molecule has 2 aliphatic rings. The fraction of sp³-hybridized carbons (Fsp3) is 0.391. The molecule has 2 fully saturated rings. The summed E-state index contributed by atoms with van der Waals surface area (Å²) in [6.07, 6.45) is 2.15. The SMILES string of the molecule is CCN(c1ccccc1)S(=O)(=O)c1ccc(OC)c(NC(=O)C2CC(=O)N(C3CC3)C2)c1. The van der Waals surface area contributed by atoms with Crippen molar-refractivity contribution in [3.05, 3.63) is 48.5 Å². The van der Waals surface area contributed by atoms with E-state index in [4.69, 9.17) is 4.74 Å². The van der Waals surface area contributed by atoms with Crippen LogP contribution in [-0.4, -0.2) is 51.4 Å². The molecule has 1 atom stereocenters. The number of likely N-dealkylation sites (tertiary alicyclic amines) is 1. The summed E-state index contributed by atoms with van der Waals surface area (Å²) >= 11 is 0. The molecule has 1 aliphatic carbocycles. The van der Waals surface area contributed by atoms with Gasteiger partial charge in [0.1, 0.15) is 5.75 Å². The van der Waals surface area contributed by atoms with Crippen molar-refractivity contribution in [1.29, 1.82) is 0 Å². The fourth-order valence-electron chi connectivity index (χ4n) is 4.04. The van der Waals surface area contributed by atoms with E-state index in [1.807, 2.05) is 6.07 Å². The zero-order valence-corrected chi connectivity index (χ0v) is 19.0. The second-order valence-electron chi connectivity index (χ2n) is 8.04. The minimum Gasteiger partial charge on any atom is -0.495 e. The third kappa shape index (κ3) is 4.29. The van der Waals surface area contributed by atoms with Crippen molar-refractivity contribution in [2.45, 2.75) is 37.1 Å². The molecule has 9 heteroatoms. The summed E-state index contributed by atoms with van der Waals surface area (Å²) in [5, 5.41) is 2.79. The number of para-hydroxylation sites is 1. The third-order valence-corrected chi connectivity index (χ3v) is 7.76. The van der Waals surface area contributed by atoms with Crippen molar-refractivity contribution in [3.63, 3.8) is 0 Å². The maximum Gasteiger partial charge on any atom is 0.264 e. The van der Waals surface area contributed by atoms with Gasteiger partial charge >= 0.3 is 0 Å². The minimum atomic E-state index is -3.86. The summed E-state index contributed by atoms with van der Waals surface area (Å²) in [4.78, 5) is 26.9. The van der Waals surface area contributed by atoms with Crippen LogP contribution in [0.4, 0.5) is 11.4 Å². The lowest BCUT2D eigenvalue weighted by Crippen LogP contribution is -2.31. The van der Waals surface area contributed by atoms with Crippen LogP contribution >= 0.6 is 0 Å². The van der Waals surface area contributed by atoms with Gasteiger partial charge in [-0.2, -0.15) is 0 Å². The molecule has 2 aromatic carbocycles. The Balaban J connectivity index is 1.58. The molecule has 2 amide bonds. The quantitative estimate of drug-likeness (QED) is 0.658. The van der Waals surface area contributed by atoms with Crippen LogP contribution in [0.25, 0.3) is 0 Å². The number of hydrogen-bond acceptors (Lipinski definition) is 5. The van der Waals surface area contributed by atoms with Gasteiger partial charge in [-0.1, -0.05) is 18.2 Å². The zero-order chi connectivity index (χ0) is 22.9. The number of sulfonamides is 1. The van der Waals surface area contributed by atoms with Crippen molar-refractivity contribution in [2.75, 3.05) is 29.8 Å². The number of nitrogens with zero attached hydrogens (tertiary/aromatic N) is 2. The van der Waals surface area contributed by atoms with E-state index in [1.54, 1.807) is 36.1 Å². The van der Waals surface area contributed by atoms with E-state index < -0.39 is 15.9 Å². The standard InChI is InChI=1S/C23H27N3O5S/c1-3-26(18-7-5-4-6-8-18)32(29,30)19-11-12-21(31-2)20(14-19)24-23(28)16-13-22(27)25(15-16)17-9-10-17/h4-8,11-12,14,16-17H,3,9-10,13,15H2,1-2H3,(H,24,28). The van der Waals surface area contributed by atoms with Gasteiger partial charge in [-0.3, -0.25) is 13.9 Å². The average molecular weight is 458 g/mol. The summed E-state index contributed by atoms with van der Waals surface area (Å²) in [6, 6.07) is 13.5. The Labute approximate surface area is 188 Å². The van der Waals surface area contributed by atoms with E-state index in [0.717, 1.165) is 12.8 Å². The highest BCUT2D eigenvalue weighted by atomic mass is 32.2. The zero-order valence-electron chi connectivity index (χ0n) is 18.2. The van der Waals surface area contributed by atoms with Crippen LogP contribution in [0.15, 0.2) is 53.4 Å². The molecule has 0 radical (unpaired) electrons. The molecule has 2 aromatic rings. The fourth-order valence-corrected chi connectivity index (χ4v) is 5.54. The first-order chi connectivity index (χ1) is 15.3. The van der Waals surface area contributed by atoms with Crippen LogP contribution in [0.1, 0.15) is 26.2 Å². The number of anilines is 2. The van der Waals surface area contributed by atoms with Crippen molar-refractivity contribution in [3.8, 4) is 5.75 Å². The highest BCUT2D eigenvalue weighted by Gasteiger charge is 2.41. The van der Waals surface area contributed by atoms with Crippen LogP contribution in [0.3, 0.4) is 0 Å². The van der Waals surface area contributed by atoms with Gasteiger partial charge in [-0.25, -0.2) is 8.42 Å². The number of rotatable bonds is 8. The van der Waals surface area contributed by atoms with Crippen molar-refractivity contribution in [1.82, 2.24) is 4.90 Å². The molecule has 170 valence electrons. The molecule has 0 spiro atoms. The molecule has 1 saturated carbocycles. The highest BCUT2D eigenvalue weighted by Crippen LogP contribution is 2.34. The van der Waals surface area contributed by atoms with E-state index in [0.29, 0.717) is 18.0 Å². The van der Waals surface area contributed by atoms with Crippen molar-refractivity contribution < 1.29 is 22.7 Å². The molecular weight excluding hydrogens is 430 g/mol. The van der Waals surface area contributed by atoms with Gasteiger partial charge in [0.25, 0.3) is 10.0 Å². The van der Waals surface area contributed by atoms with Crippen LogP contribution in [-0.2, 0) is 19.6 Å². The van der Waals surface area contributed by atoms with Gasteiger partial charge in [0.2, 0.25) is 11.8 Å². The Morgan fingerprint density at radius 1 is 1.19 bits per heavy atom. The van der Waals surface area contributed by atoms with Gasteiger partial charge < -0.3 is 15.0 Å². The molecule has 1 unspecified atom stereocenters. The second-order valence-corrected chi connectivity index (χ2v) is 9.90. The Morgan fingerprint density at radius 3 is 2.53 bits per heavy atom. The largest absolute Gasteiger partial charge is 0.495 e. The Hall–Kier alpha value is -3.07. The molecule has 0 aromatic heterocycles. The number of hydrogen-bond donors (Lipinski definition) is 1. The minimum absolute atomic E-state index is 0.00241. The van der Waals surface area contributed by atoms with Crippen LogP contribution in [0, 0.1) is 5.92 Å². The number of methoxy groups -OCH3 is 1. The first-order valence-corrected chi connectivity index (χ1v) is 12.1. The van der Waals surface area contributed by atoms with E-state index in [-0.39, 0.29) is 41.4 Å². The van der Waals surface area contributed by atoms with Gasteiger partial charge in [-0.15, -0.1) is 0 Å². The highest BCUT2D eigenvalue weighted by molar-refractivity contribution is 7.92. The Morgan fingerprint density at radius 2 is 1.91 bits per heavy atom. The van der Waals surface area contributed by atoms with Crippen molar-refractivity contribution in [2.24, 2.45) is 5.92 Å². The Bertz CT molecular complexity index is 1120. The maximum atomic E-state index is 13.3. The summed E-state index contributed by atoms with van der Waals surface area (Å²) in [5.41, 5.74) is 0.820. The molecule has 1 N–H and O–H groups in total. The van der Waals surface area contributed by atoms with E-state index >= 15 is 0 Å². The summed E-state index contributed by atoms with van der Waals surface area (Å²) in [5.74, 6) is -0.435. The molecule has 1 saturated heterocycles. The smallest absolute Gasteiger partial charge is 0.264 e. The third-order valence-electron chi connectivity index (χ3n) is 5.87. The Kier molecular flexibility index (Phi) is 6.10. The van der Waals surface area contributed by atoms with Crippen LogP contribution in [0.2, 0.25) is 0 Å². The predicted molar refractivity (Wildman–Crippen MR) is 121 cm³/mol.